The molecule has 9 heavy (non-hydrogen) atoms. The monoisotopic (exact) mass is 121 g/mol. The second-order valence-electron chi connectivity index (χ2n) is 2.42. The Balaban J connectivity index is 1.96. The van der Waals surface area contributed by atoms with Crippen LogP contribution >= 0.6 is 0 Å². The van der Waals surface area contributed by atoms with E-state index >= 15 is 0 Å². The molecule has 0 fully saturated rings. The molecule has 0 saturated heterocycles. The van der Waals surface area contributed by atoms with Crippen LogP contribution in [0.25, 0.3) is 0 Å². The van der Waals surface area contributed by atoms with Gasteiger partial charge in [0.2, 0.25) is 0 Å². The molecule has 0 bridgehead atoms. The predicted octanol–water partition coefficient (Wildman–Crippen LogP) is 2.87. The smallest absolute Gasteiger partial charge is 0.00883 e. The summed E-state index contributed by atoms with van der Waals surface area (Å²) in [5.74, 6) is 0. The topological polar surface area (TPSA) is 0 Å². The van der Waals surface area contributed by atoms with Crippen molar-refractivity contribution in [2.75, 3.05) is 0 Å². The molecular formula is C9H13. The maximum atomic E-state index is 3.23. The van der Waals surface area contributed by atoms with Crippen molar-refractivity contribution in [2.45, 2.75) is 32.6 Å². The van der Waals surface area contributed by atoms with Crippen LogP contribution in [0.3, 0.4) is 0 Å². The summed E-state index contributed by atoms with van der Waals surface area (Å²) in [4.78, 5) is 0. The molecular weight excluding hydrogens is 108 g/mol. The summed E-state index contributed by atoms with van der Waals surface area (Å²) in [5, 5.41) is 0. The highest BCUT2D eigenvalue weighted by Gasteiger charge is 2.00. The van der Waals surface area contributed by atoms with Crippen molar-refractivity contribution in [3.63, 3.8) is 0 Å². The van der Waals surface area contributed by atoms with Crippen LogP contribution < -0.4 is 0 Å². The van der Waals surface area contributed by atoms with Gasteiger partial charge in [0.15, 0.2) is 0 Å². The average molecular weight is 121 g/mol. The Morgan fingerprint density at radius 2 is 2.56 bits per heavy atom. The standard InChI is InChI=1S/C9H13/c1-2-3-4-5-6-9-7-8-9/h5,7H,2-4,8H2,1H3. The molecule has 1 rings (SSSR count). The fraction of sp³-hybridized carbons (Fsp3) is 0.556. The maximum absolute atomic E-state index is 3.23. The molecule has 0 heteroatoms. The minimum absolute atomic E-state index is 1.18. The third-order valence-corrected chi connectivity index (χ3v) is 1.40. The third kappa shape index (κ3) is 3.12. The third-order valence-electron chi connectivity index (χ3n) is 1.40. The van der Waals surface area contributed by atoms with E-state index in [2.05, 4.69) is 25.2 Å². The summed E-state index contributed by atoms with van der Waals surface area (Å²) >= 11 is 0. The average Bonchev–Trinajstić information content (AvgIpc) is 2.63. The predicted molar refractivity (Wildman–Crippen MR) is 40.0 cm³/mol. The first-order valence-corrected chi connectivity index (χ1v) is 3.70. The number of rotatable bonds is 4. The van der Waals surface area contributed by atoms with Crippen LogP contribution in [0.5, 0.6) is 0 Å². The molecule has 0 heterocycles. The second kappa shape index (κ2) is 3.49. The van der Waals surface area contributed by atoms with Crippen molar-refractivity contribution in [1.82, 2.24) is 0 Å². The van der Waals surface area contributed by atoms with E-state index in [1.807, 2.05) is 0 Å². The maximum Gasteiger partial charge on any atom is -0.00883 e. The molecule has 0 nitrogen and oxygen atoms in total. The van der Waals surface area contributed by atoms with Gasteiger partial charge in [-0.15, -0.1) is 0 Å². The lowest BCUT2D eigenvalue weighted by atomic mass is 10.2. The van der Waals surface area contributed by atoms with Crippen LogP contribution in [0.15, 0.2) is 17.7 Å². The molecule has 1 radical (unpaired) electrons. The number of hydrogen-bond donors (Lipinski definition) is 0. The van der Waals surface area contributed by atoms with E-state index in [1.54, 1.807) is 0 Å². The Morgan fingerprint density at radius 1 is 1.78 bits per heavy atom. The first-order chi connectivity index (χ1) is 4.43. The quantitative estimate of drug-likeness (QED) is 0.502. The SMILES string of the molecule is CCCC/C=[C]\C1=CC1. The Bertz CT molecular complexity index is 129. The number of unbranched alkanes of at least 4 members (excludes halogenated alkanes) is 2. The Morgan fingerprint density at radius 3 is 3.11 bits per heavy atom. The fourth-order valence-corrected chi connectivity index (χ4v) is 0.678. The second-order valence-corrected chi connectivity index (χ2v) is 2.42. The molecule has 0 atom stereocenters. The fourth-order valence-electron chi connectivity index (χ4n) is 0.678. The summed E-state index contributed by atoms with van der Waals surface area (Å²) in [7, 11) is 0. The highest BCUT2D eigenvalue weighted by Crippen LogP contribution is 2.18. The van der Waals surface area contributed by atoms with Crippen molar-refractivity contribution < 1.29 is 0 Å². The Hall–Kier alpha value is -0.520. The van der Waals surface area contributed by atoms with Gasteiger partial charge in [-0.05, 0) is 24.5 Å². The molecule has 0 aromatic rings. The highest BCUT2D eigenvalue weighted by molar-refractivity contribution is 5.28. The van der Waals surface area contributed by atoms with Crippen molar-refractivity contribution in [3.8, 4) is 0 Å². The normalized spacial score (nSPS) is 16.3. The zero-order chi connectivity index (χ0) is 6.53. The highest BCUT2D eigenvalue weighted by atomic mass is 14.0. The van der Waals surface area contributed by atoms with E-state index in [0.717, 1.165) is 0 Å². The summed E-state index contributed by atoms with van der Waals surface area (Å²) in [6.45, 7) is 2.21. The molecule has 0 aliphatic heterocycles. The molecule has 1 aliphatic carbocycles. The van der Waals surface area contributed by atoms with Crippen LogP contribution in [0.1, 0.15) is 32.6 Å². The van der Waals surface area contributed by atoms with E-state index in [1.165, 1.54) is 31.3 Å². The molecule has 0 N–H and O–H groups in total. The summed E-state index contributed by atoms with van der Waals surface area (Å²) in [6, 6.07) is 0. The molecule has 49 valence electrons. The van der Waals surface area contributed by atoms with Crippen molar-refractivity contribution in [2.24, 2.45) is 0 Å². The van der Waals surface area contributed by atoms with Crippen LogP contribution in [0.4, 0.5) is 0 Å². The molecule has 0 amide bonds. The van der Waals surface area contributed by atoms with E-state index < -0.39 is 0 Å². The molecule has 0 unspecified atom stereocenters. The summed E-state index contributed by atoms with van der Waals surface area (Å²) in [6.07, 6.45) is 12.6. The van der Waals surface area contributed by atoms with E-state index in [-0.39, 0.29) is 0 Å². The largest absolute Gasteiger partial charge is 0.0764 e. The van der Waals surface area contributed by atoms with Crippen molar-refractivity contribution in [1.29, 1.82) is 0 Å². The molecule has 0 saturated carbocycles. The Kier molecular flexibility index (Phi) is 2.56. The van der Waals surface area contributed by atoms with Gasteiger partial charge in [0.1, 0.15) is 0 Å². The van der Waals surface area contributed by atoms with Crippen molar-refractivity contribution >= 4 is 0 Å². The van der Waals surface area contributed by atoms with Crippen LogP contribution in [0.2, 0.25) is 0 Å². The van der Waals surface area contributed by atoms with Gasteiger partial charge in [0.25, 0.3) is 0 Å². The van der Waals surface area contributed by atoms with E-state index in [0.29, 0.717) is 0 Å². The van der Waals surface area contributed by atoms with Gasteiger partial charge >= 0.3 is 0 Å². The Labute approximate surface area is 57.3 Å². The van der Waals surface area contributed by atoms with Gasteiger partial charge in [-0.25, -0.2) is 0 Å². The van der Waals surface area contributed by atoms with Crippen LogP contribution in [-0.2, 0) is 0 Å². The minimum atomic E-state index is 1.18. The van der Waals surface area contributed by atoms with Gasteiger partial charge in [-0.3, -0.25) is 0 Å². The van der Waals surface area contributed by atoms with Crippen molar-refractivity contribution in [3.05, 3.63) is 23.8 Å². The number of hydrogen-bond acceptors (Lipinski definition) is 0. The summed E-state index contributed by atoms with van der Waals surface area (Å²) < 4.78 is 0. The van der Waals surface area contributed by atoms with E-state index in [9.17, 15) is 0 Å². The zero-order valence-electron chi connectivity index (χ0n) is 5.98. The molecule has 0 spiro atoms. The minimum Gasteiger partial charge on any atom is -0.0764 e. The van der Waals surface area contributed by atoms with Gasteiger partial charge < -0.3 is 0 Å². The molecule has 0 aromatic carbocycles. The van der Waals surface area contributed by atoms with Crippen LogP contribution in [-0.4, -0.2) is 0 Å². The van der Waals surface area contributed by atoms with Gasteiger partial charge in [-0.1, -0.05) is 31.9 Å². The molecule has 1 aliphatic rings. The van der Waals surface area contributed by atoms with Crippen LogP contribution in [0, 0.1) is 6.08 Å². The lowest BCUT2D eigenvalue weighted by molar-refractivity contribution is 0.813. The van der Waals surface area contributed by atoms with E-state index in [4.69, 9.17) is 0 Å². The molecule has 0 aromatic heterocycles. The zero-order valence-corrected chi connectivity index (χ0v) is 5.98. The lowest BCUT2D eigenvalue weighted by Gasteiger charge is -1.84. The van der Waals surface area contributed by atoms with Gasteiger partial charge in [-0.2, -0.15) is 0 Å². The number of allylic oxidation sites excluding steroid dienone is 4. The summed E-state index contributed by atoms with van der Waals surface area (Å²) in [5.41, 5.74) is 1.39. The van der Waals surface area contributed by atoms with Gasteiger partial charge in [0, 0.05) is 0 Å². The van der Waals surface area contributed by atoms with Gasteiger partial charge in [0.05, 0.1) is 0 Å². The lowest BCUT2D eigenvalue weighted by Crippen LogP contribution is -1.65. The first kappa shape index (κ1) is 6.60. The first-order valence-electron chi connectivity index (χ1n) is 3.70.